The summed E-state index contributed by atoms with van der Waals surface area (Å²) in [6.45, 7) is 4.03. The van der Waals surface area contributed by atoms with Crippen molar-refractivity contribution in [2.24, 2.45) is 0 Å². The highest BCUT2D eigenvalue weighted by Gasteiger charge is 2.18. The fourth-order valence-electron chi connectivity index (χ4n) is 3.90. The predicted octanol–water partition coefficient (Wildman–Crippen LogP) is 4.13. The molecule has 2 aromatic carbocycles. The zero-order valence-corrected chi connectivity index (χ0v) is 15.6. The van der Waals surface area contributed by atoms with Gasteiger partial charge in [0.25, 0.3) is 5.91 Å². The van der Waals surface area contributed by atoms with Gasteiger partial charge in [-0.15, -0.1) is 0 Å². The van der Waals surface area contributed by atoms with Crippen molar-refractivity contribution in [3.05, 3.63) is 60.4 Å². The standard InChI is InChI=1S/C22H22N4O2/c27-21(20-15-16-7-1-4-10-19(16)28-20)24-22-23-17-8-2-3-9-18(17)26(22)14-13-25-11-5-6-12-25/h1-4,7-10,15H,5-6,11-14H2,(H,23,24,27). The number of furan rings is 1. The van der Waals surface area contributed by atoms with Crippen LogP contribution in [0.1, 0.15) is 23.4 Å². The van der Waals surface area contributed by atoms with Crippen molar-refractivity contribution in [3.63, 3.8) is 0 Å². The number of nitrogens with zero attached hydrogens (tertiary/aromatic N) is 3. The Bertz CT molecular complexity index is 1100. The minimum Gasteiger partial charge on any atom is -0.451 e. The van der Waals surface area contributed by atoms with Crippen LogP contribution in [-0.4, -0.2) is 40.0 Å². The topological polar surface area (TPSA) is 63.3 Å². The van der Waals surface area contributed by atoms with Crippen molar-refractivity contribution in [1.82, 2.24) is 14.5 Å². The number of anilines is 1. The predicted molar refractivity (Wildman–Crippen MR) is 110 cm³/mol. The fourth-order valence-corrected chi connectivity index (χ4v) is 3.90. The molecule has 6 nitrogen and oxygen atoms in total. The number of carbonyl (C=O) groups excluding carboxylic acids is 1. The molecule has 5 rings (SSSR count). The maximum Gasteiger partial charge on any atom is 0.293 e. The van der Waals surface area contributed by atoms with Gasteiger partial charge in [0.05, 0.1) is 11.0 Å². The number of carbonyl (C=O) groups is 1. The lowest BCUT2D eigenvalue weighted by atomic mass is 10.2. The second-order valence-corrected chi connectivity index (χ2v) is 7.23. The van der Waals surface area contributed by atoms with Crippen LogP contribution in [0.2, 0.25) is 0 Å². The molecule has 2 aromatic heterocycles. The van der Waals surface area contributed by atoms with Crippen molar-refractivity contribution >= 4 is 33.9 Å². The van der Waals surface area contributed by atoms with E-state index in [4.69, 9.17) is 4.42 Å². The number of aromatic nitrogens is 2. The first-order chi connectivity index (χ1) is 13.8. The molecule has 1 fully saturated rings. The number of nitrogens with one attached hydrogen (secondary N) is 1. The van der Waals surface area contributed by atoms with E-state index in [-0.39, 0.29) is 5.91 Å². The molecule has 28 heavy (non-hydrogen) atoms. The molecule has 0 spiro atoms. The molecule has 0 atom stereocenters. The lowest BCUT2D eigenvalue weighted by Crippen LogP contribution is -2.25. The first kappa shape index (κ1) is 17.0. The molecule has 6 heteroatoms. The summed E-state index contributed by atoms with van der Waals surface area (Å²) in [6.07, 6.45) is 2.53. The van der Waals surface area contributed by atoms with E-state index in [0.717, 1.165) is 42.6 Å². The minimum absolute atomic E-state index is 0.283. The van der Waals surface area contributed by atoms with Gasteiger partial charge in [-0.05, 0) is 50.2 Å². The van der Waals surface area contributed by atoms with Gasteiger partial charge in [0.2, 0.25) is 5.95 Å². The van der Waals surface area contributed by atoms with Gasteiger partial charge in [-0.3, -0.25) is 10.1 Å². The molecule has 1 saturated heterocycles. The van der Waals surface area contributed by atoms with Crippen molar-refractivity contribution in [1.29, 1.82) is 0 Å². The summed E-state index contributed by atoms with van der Waals surface area (Å²) in [7, 11) is 0. The van der Waals surface area contributed by atoms with E-state index < -0.39 is 0 Å². The highest BCUT2D eigenvalue weighted by Crippen LogP contribution is 2.23. The van der Waals surface area contributed by atoms with Gasteiger partial charge >= 0.3 is 0 Å². The Morgan fingerprint density at radius 3 is 2.68 bits per heavy atom. The Kier molecular flexibility index (Phi) is 4.33. The maximum absolute atomic E-state index is 12.8. The molecule has 1 N–H and O–H groups in total. The number of para-hydroxylation sites is 3. The number of likely N-dealkylation sites (tertiary alicyclic amines) is 1. The fraction of sp³-hybridized carbons (Fsp3) is 0.273. The smallest absolute Gasteiger partial charge is 0.293 e. The van der Waals surface area contributed by atoms with Gasteiger partial charge in [0.1, 0.15) is 5.58 Å². The van der Waals surface area contributed by atoms with Gasteiger partial charge in [-0.2, -0.15) is 0 Å². The van der Waals surface area contributed by atoms with Crippen LogP contribution in [0.3, 0.4) is 0 Å². The second-order valence-electron chi connectivity index (χ2n) is 7.23. The minimum atomic E-state index is -0.283. The second kappa shape index (κ2) is 7.13. The zero-order valence-electron chi connectivity index (χ0n) is 15.6. The molecule has 0 unspecified atom stereocenters. The van der Waals surface area contributed by atoms with E-state index in [1.807, 2.05) is 48.5 Å². The van der Waals surface area contributed by atoms with E-state index in [0.29, 0.717) is 17.3 Å². The molecule has 1 aliphatic heterocycles. The monoisotopic (exact) mass is 374 g/mol. The molecule has 0 bridgehead atoms. The number of rotatable bonds is 5. The number of hydrogen-bond donors (Lipinski definition) is 1. The van der Waals surface area contributed by atoms with Crippen LogP contribution >= 0.6 is 0 Å². The molecule has 0 radical (unpaired) electrons. The van der Waals surface area contributed by atoms with Gasteiger partial charge in [-0.25, -0.2) is 4.98 Å². The Balaban J connectivity index is 1.43. The van der Waals surface area contributed by atoms with Crippen LogP contribution in [0.15, 0.2) is 59.0 Å². The Morgan fingerprint density at radius 1 is 1.04 bits per heavy atom. The molecule has 1 amide bonds. The first-order valence-electron chi connectivity index (χ1n) is 9.75. The summed E-state index contributed by atoms with van der Waals surface area (Å²) in [5, 5.41) is 3.87. The number of fused-ring (bicyclic) bond motifs is 2. The molecule has 3 heterocycles. The van der Waals surface area contributed by atoms with E-state index in [9.17, 15) is 4.79 Å². The lowest BCUT2D eigenvalue weighted by Gasteiger charge is -2.16. The van der Waals surface area contributed by atoms with Crippen molar-refractivity contribution < 1.29 is 9.21 Å². The molecular weight excluding hydrogens is 352 g/mol. The molecule has 4 aromatic rings. The van der Waals surface area contributed by atoms with E-state index in [1.54, 1.807) is 6.07 Å². The zero-order chi connectivity index (χ0) is 18.9. The molecule has 0 aliphatic carbocycles. The summed E-state index contributed by atoms with van der Waals surface area (Å²) < 4.78 is 7.79. The van der Waals surface area contributed by atoms with E-state index >= 15 is 0 Å². The maximum atomic E-state index is 12.8. The SMILES string of the molecule is O=C(Nc1nc2ccccc2n1CCN1CCCC1)c1cc2ccccc2o1. The third-order valence-electron chi connectivity index (χ3n) is 5.37. The quantitative estimate of drug-likeness (QED) is 0.570. The summed E-state index contributed by atoms with van der Waals surface area (Å²) in [5.41, 5.74) is 2.61. The summed E-state index contributed by atoms with van der Waals surface area (Å²) in [4.78, 5) is 19.9. The summed E-state index contributed by atoms with van der Waals surface area (Å²) >= 11 is 0. The highest BCUT2D eigenvalue weighted by molar-refractivity contribution is 6.04. The average Bonchev–Trinajstić information content (AvgIpc) is 3.44. The Labute approximate surface area is 162 Å². The van der Waals surface area contributed by atoms with E-state index in [1.165, 1.54) is 12.8 Å². The summed E-state index contributed by atoms with van der Waals surface area (Å²) in [5.74, 6) is 0.569. The van der Waals surface area contributed by atoms with Gasteiger partial charge in [-0.1, -0.05) is 30.3 Å². The molecular formula is C22H22N4O2. The third-order valence-corrected chi connectivity index (χ3v) is 5.37. The summed E-state index contributed by atoms with van der Waals surface area (Å²) in [6, 6.07) is 17.4. The van der Waals surface area contributed by atoms with Crippen LogP contribution in [0, 0.1) is 0 Å². The normalized spacial score (nSPS) is 14.9. The van der Waals surface area contributed by atoms with Crippen LogP contribution < -0.4 is 5.32 Å². The lowest BCUT2D eigenvalue weighted by molar-refractivity contribution is 0.0997. The van der Waals surface area contributed by atoms with Crippen LogP contribution in [0.4, 0.5) is 5.95 Å². The molecule has 1 aliphatic rings. The van der Waals surface area contributed by atoms with Crippen LogP contribution in [0.5, 0.6) is 0 Å². The highest BCUT2D eigenvalue weighted by atomic mass is 16.3. The van der Waals surface area contributed by atoms with Crippen molar-refractivity contribution in [2.45, 2.75) is 19.4 Å². The molecule has 142 valence electrons. The van der Waals surface area contributed by atoms with Crippen molar-refractivity contribution in [3.8, 4) is 0 Å². The Morgan fingerprint density at radius 2 is 1.82 bits per heavy atom. The Hall–Kier alpha value is -3.12. The number of benzene rings is 2. The number of imidazole rings is 1. The third kappa shape index (κ3) is 3.16. The van der Waals surface area contributed by atoms with Gasteiger partial charge < -0.3 is 13.9 Å². The average molecular weight is 374 g/mol. The van der Waals surface area contributed by atoms with Gasteiger partial charge in [0, 0.05) is 18.5 Å². The number of amides is 1. The largest absolute Gasteiger partial charge is 0.451 e. The van der Waals surface area contributed by atoms with Gasteiger partial charge in [0.15, 0.2) is 5.76 Å². The number of hydrogen-bond acceptors (Lipinski definition) is 4. The first-order valence-corrected chi connectivity index (χ1v) is 9.75. The van der Waals surface area contributed by atoms with Crippen molar-refractivity contribution in [2.75, 3.05) is 25.0 Å². The van der Waals surface area contributed by atoms with Crippen LogP contribution in [-0.2, 0) is 6.54 Å². The van der Waals surface area contributed by atoms with Crippen LogP contribution in [0.25, 0.3) is 22.0 Å². The van der Waals surface area contributed by atoms with E-state index in [2.05, 4.69) is 19.8 Å². The molecule has 0 saturated carbocycles.